The molecule has 3 aromatic rings. The standard InChI is InChI=1S/C23H24N4OS/c1-16-3-2-4-20-22(16)25-21(26-23(20)28)15-29-19-9-11-27(12-10-19)14-18-7-5-17(13-24)6-8-18/h2-8,19H,9-12,14-15H2,1H3,(H,25,26,28). The monoisotopic (exact) mass is 404 g/mol. The second-order valence-electron chi connectivity index (χ2n) is 7.58. The number of hydrogen-bond acceptors (Lipinski definition) is 5. The number of benzene rings is 2. The van der Waals surface area contributed by atoms with Crippen molar-refractivity contribution in [1.29, 1.82) is 5.26 Å². The van der Waals surface area contributed by atoms with E-state index >= 15 is 0 Å². The highest BCUT2D eigenvalue weighted by Crippen LogP contribution is 2.26. The summed E-state index contributed by atoms with van der Waals surface area (Å²) in [4.78, 5) is 22.4. The molecule has 2 aromatic carbocycles. The highest BCUT2D eigenvalue weighted by atomic mass is 32.2. The lowest BCUT2D eigenvalue weighted by Crippen LogP contribution is -2.34. The summed E-state index contributed by atoms with van der Waals surface area (Å²) in [5.41, 5.74) is 3.76. The Balaban J connectivity index is 1.31. The molecule has 1 N–H and O–H groups in total. The molecule has 1 aliphatic rings. The van der Waals surface area contributed by atoms with Crippen LogP contribution in [0, 0.1) is 18.3 Å². The molecule has 6 heteroatoms. The molecule has 148 valence electrons. The van der Waals surface area contributed by atoms with E-state index in [9.17, 15) is 4.79 Å². The van der Waals surface area contributed by atoms with Gasteiger partial charge in [0, 0.05) is 11.8 Å². The summed E-state index contributed by atoms with van der Waals surface area (Å²) in [7, 11) is 0. The Bertz CT molecular complexity index is 1090. The predicted octanol–water partition coefficient (Wildman–Crippen LogP) is 4.00. The van der Waals surface area contributed by atoms with Crippen LogP contribution >= 0.6 is 11.8 Å². The molecule has 1 saturated heterocycles. The second-order valence-corrected chi connectivity index (χ2v) is 8.87. The van der Waals surface area contributed by atoms with Crippen molar-refractivity contribution in [3.05, 3.63) is 75.3 Å². The number of likely N-dealkylation sites (tertiary alicyclic amines) is 1. The summed E-state index contributed by atoms with van der Waals surface area (Å²) in [5, 5.41) is 10.2. The average Bonchev–Trinajstić information content (AvgIpc) is 2.75. The van der Waals surface area contributed by atoms with Gasteiger partial charge in [0.1, 0.15) is 5.82 Å². The van der Waals surface area contributed by atoms with Gasteiger partial charge in [-0.3, -0.25) is 9.69 Å². The fourth-order valence-electron chi connectivity index (χ4n) is 3.79. The Hall–Kier alpha value is -2.62. The lowest BCUT2D eigenvalue weighted by molar-refractivity contribution is 0.225. The first-order valence-electron chi connectivity index (χ1n) is 9.94. The maximum atomic E-state index is 12.3. The van der Waals surface area contributed by atoms with E-state index in [4.69, 9.17) is 10.2 Å². The number of nitriles is 1. The SMILES string of the molecule is Cc1cccc2c(=O)[nH]c(CSC3CCN(Cc4ccc(C#N)cc4)CC3)nc12. The molecule has 0 atom stereocenters. The smallest absolute Gasteiger partial charge is 0.258 e. The van der Waals surface area contributed by atoms with E-state index in [1.165, 1.54) is 5.56 Å². The molecule has 2 heterocycles. The lowest BCUT2D eigenvalue weighted by atomic mass is 10.1. The van der Waals surface area contributed by atoms with Crippen molar-refractivity contribution in [1.82, 2.24) is 14.9 Å². The van der Waals surface area contributed by atoms with Gasteiger partial charge in [-0.25, -0.2) is 4.98 Å². The summed E-state index contributed by atoms with van der Waals surface area (Å²) in [6, 6.07) is 15.7. The number of para-hydroxylation sites is 1. The molecule has 1 aromatic heterocycles. The quantitative estimate of drug-likeness (QED) is 0.696. The number of fused-ring (bicyclic) bond motifs is 1. The highest BCUT2D eigenvalue weighted by molar-refractivity contribution is 7.99. The van der Waals surface area contributed by atoms with E-state index in [1.54, 1.807) is 0 Å². The van der Waals surface area contributed by atoms with Crippen LogP contribution in [0.3, 0.4) is 0 Å². The number of aromatic nitrogens is 2. The Morgan fingerprint density at radius 1 is 1.21 bits per heavy atom. The number of nitrogens with one attached hydrogen (secondary N) is 1. The molecule has 0 amide bonds. The van der Waals surface area contributed by atoms with Gasteiger partial charge in [-0.2, -0.15) is 17.0 Å². The summed E-state index contributed by atoms with van der Waals surface area (Å²) in [5.74, 6) is 1.50. The van der Waals surface area contributed by atoms with Crippen LogP contribution in [0.1, 0.15) is 35.4 Å². The average molecular weight is 405 g/mol. The number of thioether (sulfide) groups is 1. The Labute approximate surface area is 174 Å². The Kier molecular flexibility index (Phi) is 5.98. The molecule has 0 radical (unpaired) electrons. The zero-order valence-electron chi connectivity index (χ0n) is 16.5. The maximum absolute atomic E-state index is 12.3. The van der Waals surface area contributed by atoms with E-state index in [0.29, 0.717) is 16.2 Å². The summed E-state index contributed by atoms with van der Waals surface area (Å²) < 4.78 is 0. The van der Waals surface area contributed by atoms with E-state index in [2.05, 4.69) is 16.0 Å². The Morgan fingerprint density at radius 2 is 1.97 bits per heavy atom. The number of aryl methyl sites for hydroxylation is 1. The number of rotatable bonds is 5. The van der Waals surface area contributed by atoms with E-state index in [-0.39, 0.29) is 5.56 Å². The Morgan fingerprint density at radius 3 is 2.69 bits per heavy atom. The van der Waals surface area contributed by atoms with Crippen molar-refractivity contribution in [3.8, 4) is 6.07 Å². The van der Waals surface area contributed by atoms with Crippen molar-refractivity contribution in [2.45, 2.75) is 37.3 Å². The van der Waals surface area contributed by atoms with Gasteiger partial charge >= 0.3 is 0 Å². The number of nitrogens with zero attached hydrogens (tertiary/aromatic N) is 3. The predicted molar refractivity (Wildman–Crippen MR) is 118 cm³/mol. The van der Waals surface area contributed by atoms with Gasteiger partial charge in [0.2, 0.25) is 0 Å². The molecule has 5 nitrogen and oxygen atoms in total. The molecule has 0 saturated carbocycles. The topological polar surface area (TPSA) is 72.8 Å². The van der Waals surface area contributed by atoms with Crippen LogP contribution in [-0.2, 0) is 12.3 Å². The van der Waals surface area contributed by atoms with Crippen molar-refractivity contribution < 1.29 is 0 Å². The van der Waals surface area contributed by atoms with Crippen molar-refractivity contribution >= 4 is 22.7 Å². The van der Waals surface area contributed by atoms with E-state index < -0.39 is 0 Å². The largest absolute Gasteiger partial charge is 0.309 e. The van der Waals surface area contributed by atoms with Gasteiger partial charge in [-0.15, -0.1) is 0 Å². The first-order chi connectivity index (χ1) is 14.1. The molecule has 0 spiro atoms. The van der Waals surface area contributed by atoms with Gasteiger partial charge < -0.3 is 4.98 Å². The van der Waals surface area contributed by atoms with Gasteiger partial charge in [0.25, 0.3) is 5.56 Å². The minimum absolute atomic E-state index is 0.0495. The molecular formula is C23H24N4OS. The highest BCUT2D eigenvalue weighted by Gasteiger charge is 2.20. The summed E-state index contributed by atoms with van der Waals surface area (Å²) in [6.07, 6.45) is 2.27. The molecule has 1 fully saturated rings. The first-order valence-corrected chi connectivity index (χ1v) is 11.0. The number of aromatic amines is 1. The molecule has 0 unspecified atom stereocenters. The van der Waals surface area contributed by atoms with Crippen LogP contribution in [-0.4, -0.2) is 33.2 Å². The molecule has 0 aliphatic carbocycles. The van der Waals surface area contributed by atoms with Crippen LogP contribution < -0.4 is 5.56 Å². The van der Waals surface area contributed by atoms with Gasteiger partial charge in [-0.05, 0) is 62.2 Å². The van der Waals surface area contributed by atoms with E-state index in [1.807, 2.05) is 61.2 Å². The summed E-state index contributed by atoms with van der Waals surface area (Å²) in [6.45, 7) is 5.06. The van der Waals surface area contributed by atoms with Crippen LogP contribution in [0.5, 0.6) is 0 Å². The fraction of sp³-hybridized carbons (Fsp3) is 0.348. The van der Waals surface area contributed by atoms with Crippen molar-refractivity contribution in [2.24, 2.45) is 0 Å². The second kappa shape index (κ2) is 8.81. The zero-order valence-corrected chi connectivity index (χ0v) is 17.3. The normalized spacial score (nSPS) is 15.4. The molecule has 29 heavy (non-hydrogen) atoms. The molecule has 0 bridgehead atoms. The third-order valence-electron chi connectivity index (χ3n) is 5.47. The summed E-state index contributed by atoms with van der Waals surface area (Å²) >= 11 is 1.89. The third kappa shape index (κ3) is 4.69. The number of hydrogen-bond donors (Lipinski definition) is 1. The van der Waals surface area contributed by atoms with Gasteiger partial charge in [-0.1, -0.05) is 24.3 Å². The van der Waals surface area contributed by atoms with Crippen molar-refractivity contribution in [2.75, 3.05) is 13.1 Å². The minimum Gasteiger partial charge on any atom is -0.309 e. The number of piperidine rings is 1. The van der Waals surface area contributed by atoms with Crippen LogP contribution in [0.2, 0.25) is 0 Å². The van der Waals surface area contributed by atoms with Gasteiger partial charge in [0.05, 0.1) is 28.3 Å². The van der Waals surface area contributed by atoms with Crippen LogP contribution in [0.15, 0.2) is 47.3 Å². The number of H-pyrrole nitrogens is 1. The minimum atomic E-state index is -0.0495. The lowest BCUT2D eigenvalue weighted by Gasteiger charge is -2.31. The van der Waals surface area contributed by atoms with Crippen molar-refractivity contribution in [3.63, 3.8) is 0 Å². The first kappa shape index (κ1) is 19.7. The van der Waals surface area contributed by atoms with Crippen LogP contribution in [0.4, 0.5) is 0 Å². The molecule has 1 aliphatic heterocycles. The molecular weight excluding hydrogens is 380 g/mol. The molecule has 4 rings (SSSR count). The van der Waals surface area contributed by atoms with E-state index in [0.717, 1.165) is 55.1 Å². The van der Waals surface area contributed by atoms with Gasteiger partial charge in [0.15, 0.2) is 0 Å². The van der Waals surface area contributed by atoms with Crippen LogP contribution in [0.25, 0.3) is 10.9 Å². The maximum Gasteiger partial charge on any atom is 0.258 e. The zero-order chi connectivity index (χ0) is 20.2. The third-order valence-corrected chi connectivity index (χ3v) is 6.85. The fourth-order valence-corrected chi connectivity index (χ4v) is 4.87.